The fourth-order valence-electron chi connectivity index (χ4n) is 2.37. The van der Waals surface area contributed by atoms with Crippen LogP contribution in [0.4, 0.5) is 5.00 Å². The second-order valence-corrected chi connectivity index (χ2v) is 5.84. The van der Waals surface area contributed by atoms with Gasteiger partial charge in [-0.3, -0.25) is 4.79 Å². The predicted octanol–water partition coefficient (Wildman–Crippen LogP) is 2.25. The van der Waals surface area contributed by atoms with E-state index in [-0.39, 0.29) is 11.9 Å². The van der Waals surface area contributed by atoms with Gasteiger partial charge in [-0.05, 0) is 43.7 Å². The molecule has 2 rings (SSSR count). The number of nitrogens with one attached hydrogen (secondary N) is 2. The summed E-state index contributed by atoms with van der Waals surface area (Å²) in [4.78, 5) is 24.1. The van der Waals surface area contributed by atoms with E-state index in [1.165, 1.54) is 11.3 Å². The molecule has 0 saturated carbocycles. The molecular weight excluding hydrogens is 276 g/mol. The van der Waals surface area contributed by atoms with Crippen molar-refractivity contribution in [1.29, 1.82) is 0 Å². The van der Waals surface area contributed by atoms with Gasteiger partial charge in [-0.25, -0.2) is 4.79 Å². The first-order chi connectivity index (χ1) is 9.63. The lowest BCUT2D eigenvalue weighted by molar-refractivity contribution is -0.119. The number of anilines is 1. The van der Waals surface area contributed by atoms with Crippen LogP contribution in [0.5, 0.6) is 0 Å². The number of hydrogen-bond donors (Lipinski definition) is 2. The average molecular weight is 296 g/mol. The Morgan fingerprint density at radius 3 is 3.05 bits per heavy atom. The quantitative estimate of drug-likeness (QED) is 0.836. The van der Waals surface area contributed by atoms with Crippen molar-refractivity contribution in [2.24, 2.45) is 5.92 Å². The average Bonchev–Trinajstić information content (AvgIpc) is 2.87. The van der Waals surface area contributed by atoms with Crippen LogP contribution in [0.3, 0.4) is 0 Å². The number of hydrogen-bond acceptors (Lipinski definition) is 5. The molecule has 2 atom stereocenters. The van der Waals surface area contributed by atoms with Gasteiger partial charge >= 0.3 is 5.97 Å². The normalized spacial score (nSPS) is 22.3. The van der Waals surface area contributed by atoms with E-state index in [1.54, 1.807) is 18.4 Å². The Morgan fingerprint density at radius 2 is 2.35 bits per heavy atom. The lowest BCUT2D eigenvalue weighted by atomic mass is 9.92. The summed E-state index contributed by atoms with van der Waals surface area (Å²) in [6.45, 7) is 5.01. The second-order valence-electron chi connectivity index (χ2n) is 4.92. The van der Waals surface area contributed by atoms with Crippen LogP contribution < -0.4 is 10.6 Å². The number of thiophene rings is 1. The van der Waals surface area contributed by atoms with E-state index in [1.807, 2.05) is 0 Å². The summed E-state index contributed by atoms with van der Waals surface area (Å²) in [7, 11) is 0. The van der Waals surface area contributed by atoms with E-state index >= 15 is 0 Å². The fraction of sp³-hybridized carbons (Fsp3) is 0.571. The maximum Gasteiger partial charge on any atom is 0.341 e. The molecule has 2 unspecified atom stereocenters. The topological polar surface area (TPSA) is 67.4 Å². The van der Waals surface area contributed by atoms with Gasteiger partial charge < -0.3 is 15.4 Å². The van der Waals surface area contributed by atoms with Crippen molar-refractivity contribution in [2.75, 3.05) is 18.5 Å². The molecule has 1 aromatic rings. The van der Waals surface area contributed by atoms with Gasteiger partial charge in [-0.1, -0.05) is 6.92 Å². The maximum atomic E-state index is 12.3. The summed E-state index contributed by atoms with van der Waals surface area (Å²) in [5.41, 5.74) is 0.425. The van der Waals surface area contributed by atoms with Crippen molar-refractivity contribution in [2.45, 2.75) is 32.7 Å². The molecule has 1 aromatic heterocycles. The summed E-state index contributed by atoms with van der Waals surface area (Å²) in [6.07, 6.45) is 2.14. The van der Waals surface area contributed by atoms with Crippen LogP contribution in [-0.2, 0) is 9.53 Å². The molecule has 1 amide bonds. The SMILES string of the molecule is CCOC(=O)c1ccsc1NC(=O)C1NCCCC1C. The van der Waals surface area contributed by atoms with Gasteiger partial charge in [0.2, 0.25) is 5.91 Å². The van der Waals surface area contributed by atoms with Crippen LogP contribution in [0, 0.1) is 5.92 Å². The number of rotatable bonds is 4. The van der Waals surface area contributed by atoms with Gasteiger partial charge in [0.1, 0.15) is 5.00 Å². The van der Waals surface area contributed by atoms with Crippen molar-refractivity contribution in [3.8, 4) is 0 Å². The first-order valence-electron chi connectivity index (χ1n) is 6.92. The smallest absolute Gasteiger partial charge is 0.341 e. The molecule has 0 aromatic carbocycles. The second kappa shape index (κ2) is 6.85. The van der Waals surface area contributed by atoms with Crippen LogP contribution in [-0.4, -0.2) is 31.1 Å². The third-order valence-corrected chi connectivity index (χ3v) is 4.28. The molecule has 0 radical (unpaired) electrons. The van der Waals surface area contributed by atoms with E-state index in [0.717, 1.165) is 19.4 Å². The lowest BCUT2D eigenvalue weighted by Crippen LogP contribution is -2.48. The molecule has 1 aliphatic heterocycles. The minimum Gasteiger partial charge on any atom is -0.462 e. The zero-order valence-corrected chi connectivity index (χ0v) is 12.6. The van der Waals surface area contributed by atoms with E-state index in [0.29, 0.717) is 23.1 Å². The molecular formula is C14H20N2O3S. The molecule has 0 spiro atoms. The van der Waals surface area contributed by atoms with Gasteiger partial charge in [0.15, 0.2) is 0 Å². The van der Waals surface area contributed by atoms with E-state index in [2.05, 4.69) is 17.6 Å². The number of amides is 1. The molecule has 1 saturated heterocycles. The lowest BCUT2D eigenvalue weighted by Gasteiger charge is -2.28. The van der Waals surface area contributed by atoms with Crippen LogP contribution in [0.1, 0.15) is 37.0 Å². The number of carbonyl (C=O) groups excluding carboxylic acids is 2. The first-order valence-corrected chi connectivity index (χ1v) is 7.80. The van der Waals surface area contributed by atoms with Gasteiger partial charge in [0.05, 0.1) is 18.2 Å². The number of ether oxygens (including phenoxy) is 1. The zero-order valence-electron chi connectivity index (χ0n) is 11.8. The molecule has 5 nitrogen and oxygen atoms in total. The molecule has 0 bridgehead atoms. The minimum absolute atomic E-state index is 0.0785. The molecule has 110 valence electrons. The zero-order chi connectivity index (χ0) is 14.5. The van der Waals surface area contributed by atoms with Crippen molar-refractivity contribution in [3.63, 3.8) is 0 Å². The van der Waals surface area contributed by atoms with Crippen molar-refractivity contribution in [3.05, 3.63) is 17.0 Å². The highest BCUT2D eigenvalue weighted by Crippen LogP contribution is 2.25. The van der Waals surface area contributed by atoms with Gasteiger partial charge in [-0.2, -0.15) is 0 Å². The van der Waals surface area contributed by atoms with Gasteiger partial charge in [0.25, 0.3) is 0 Å². The third kappa shape index (κ3) is 3.37. The van der Waals surface area contributed by atoms with Crippen LogP contribution in [0.2, 0.25) is 0 Å². The van der Waals surface area contributed by atoms with Crippen molar-refractivity contribution in [1.82, 2.24) is 5.32 Å². The highest BCUT2D eigenvalue weighted by Gasteiger charge is 2.28. The number of esters is 1. The summed E-state index contributed by atoms with van der Waals surface area (Å²) in [5.74, 6) is -0.173. The van der Waals surface area contributed by atoms with E-state index in [4.69, 9.17) is 4.74 Å². The fourth-order valence-corrected chi connectivity index (χ4v) is 3.14. The highest BCUT2D eigenvalue weighted by atomic mass is 32.1. The van der Waals surface area contributed by atoms with Gasteiger partial charge in [-0.15, -0.1) is 11.3 Å². The monoisotopic (exact) mass is 296 g/mol. The summed E-state index contributed by atoms with van der Waals surface area (Å²) in [5, 5.41) is 8.42. The molecule has 2 heterocycles. The Bertz CT molecular complexity index is 487. The Kier molecular flexibility index (Phi) is 5.14. The van der Waals surface area contributed by atoms with Crippen molar-refractivity contribution >= 4 is 28.2 Å². The number of piperidine rings is 1. The molecule has 0 aliphatic carbocycles. The number of carbonyl (C=O) groups is 2. The Labute approximate surface area is 122 Å². The minimum atomic E-state index is -0.395. The summed E-state index contributed by atoms with van der Waals surface area (Å²) < 4.78 is 4.98. The summed E-state index contributed by atoms with van der Waals surface area (Å²) in [6, 6.07) is 1.48. The molecule has 1 aliphatic rings. The van der Waals surface area contributed by atoms with E-state index in [9.17, 15) is 9.59 Å². The molecule has 1 fully saturated rings. The largest absolute Gasteiger partial charge is 0.462 e. The summed E-state index contributed by atoms with van der Waals surface area (Å²) >= 11 is 1.34. The van der Waals surface area contributed by atoms with E-state index < -0.39 is 5.97 Å². The Balaban J connectivity index is 2.04. The van der Waals surface area contributed by atoms with Crippen LogP contribution in [0.25, 0.3) is 0 Å². The molecule has 2 N–H and O–H groups in total. The van der Waals surface area contributed by atoms with Crippen LogP contribution >= 0.6 is 11.3 Å². The Morgan fingerprint density at radius 1 is 1.55 bits per heavy atom. The van der Waals surface area contributed by atoms with Gasteiger partial charge in [0, 0.05) is 0 Å². The standard InChI is InChI=1S/C14H20N2O3S/c1-3-19-14(18)10-6-8-20-13(10)16-12(17)11-9(2)5-4-7-15-11/h6,8-9,11,15H,3-5,7H2,1-2H3,(H,16,17). The maximum absolute atomic E-state index is 12.3. The predicted molar refractivity (Wildman–Crippen MR) is 79.1 cm³/mol. The molecule has 6 heteroatoms. The Hall–Kier alpha value is -1.40. The van der Waals surface area contributed by atoms with Crippen molar-refractivity contribution < 1.29 is 14.3 Å². The molecule has 20 heavy (non-hydrogen) atoms. The first kappa shape index (κ1) is 15.0. The third-order valence-electron chi connectivity index (χ3n) is 3.45. The highest BCUT2D eigenvalue weighted by molar-refractivity contribution is 7.14. The van der Waals surface area contributed by atoms with Crippen LogP contribution in [0.15, 0.2) is 11.4 Å².